The van der Waals surface area contributed by atoms with Crippen LogP contribution in [0.1, 0.15) is 17.3 Å². The number of amides is 1. The van der Waals surface area contributed by atoms with Crippen molar-refractivity contribution in [2.45, 2.75) is 13.0 Å². The number of ketones is 1. The molecule has 0 aliphatic carbocycles. The Morgan fingerprint density at radius 1 is 1.06 bits per heavy atom. The second-order valence-corrected chi connectivity index (χ2v) is 8.66. The molecule has 10 heteroatoms. The minimum absolute atomic E-state index is 0.163. The lowest BCUT2D eigenvalue weighted by Gasteiger charge is -2.41. The second-order valence-electron chi connectivity index (χ2n) is 8.66. The van der Waals surface area contributed by atoms with Gasteiger partial charge in [-0.25, -0.2) is 4.98 Å². The maximum atomic E-state index is 13.3. The number of fused-ring (bicyclic) bond motifs is 1. The molecular formula is C26H24N4O6. The van der Waals surface area contributed by atoms with Crippen LogP contribution in [0.25, 0.3) is 22.0 Å². The highest BCUT2D eigenvalue weighted by Crippen LogP contribution is 2.34. The second kappa shape index (κ2) is 8.95. The molecule has 1 amide bonds. The Balaban J connectivity index is 1.39. The number of hydrogen-bond donors (Lipinski definition) is 1. The molecule has 3 heterocycles. The van der Waals surface area contributed by atoms with Crippen molar-refractivity contribution in [3.05, 3.63) is 68.7 Å². The third-order valence-corrected chi connectivity index (χ3v) is 6.64. The summed E-state index contributed by atoms with van der Waals surface area (Å²) in [5.74, 6) is -0.724. The number of ether oxygens (including phenoxy) is 2. The average molecular weight is 489 g/mol. The van der Waals surface area contributed by atoms with E-state index in [1.165, 1.54) is 31.5 Å². The van der Waals surface area contributed by atoms with Crippen LogP contribution in [0.3, 0.4) is 0 Å². The summed E-state index contributed by atoms with van der Waals surface area (Å²) < 4.78 is 10.6. The predicted molar refractivity (Wildman–Crippen MR) is 134 cm³/mol. The first-order valence-electron chi connectivity index (χ1n) is 11.4. The van der Waals surface area contributed by atoms with Crippen molar-refractivity contribution in [2.24, 2.45) is 0 Å². The van der Waals surface area contributed by atoms with Crippen LogP contribution in [0, 0.1) is 0 Å². The molecule has 10 nitrogen and oxygen atoms in total. The number of pyridine rings is 1. The lowest BCUT2D eigenvalue weighted by Crippen LogP contribution is -2.58. The number of H-pyrrole nitrogens is 1. The molecular weight excluding hydrogens is 464 g/mol. The van der Waals surface area contributed by atoms with Crippen molar-refractivity contribution in [1.82, 2.24) is 14.9 Å². The molecule has 0 spiro atoms. The molecule has 1 N–H and O–H groups in total. The number of nitrogens with one attached hydrogen (secondary N) is 1. The van der Waals surface area contributed by atoms with Gasteiger partial charge in [0, 0.05) is 31.9 Å². The number of rotatable bonds is 6. The number of methoxy groups -OCH3 is 2. The Bertz CT molecular complexity index is 1550. The number of aromatic amines is 1. The number of carbonyl (C=O) groups is 2. The SMILES string of the molecule is COc1ncc(OC)c2c(C(=O)C(=O)N3CCN(c4c(-c5ccccc5)c(=O)c4=O)[C@@H](C)C3)c[nH]c12. The highest BCUT2D eigenvalue weighted by molar-refractivity contribution is 6.45. The quantitative estimate of drug-likeness (QED) is 0.322. The van der Waals surface area contributed by atoms with Crippen molar-refractivity contribution >= 4 is 28.3 Å². The molecule has 36 heavy (non-hydrogen) atoms. The van der Waals surface area contributed by atoms with Crippen molar-refractivity contribution in [1.29, 1.82) is 0 Å². The van der Waals surface area contributed by atoms with Crippen LogP contribution in [-0.4, -0.2) is 66.5 Å². The van der Waals surface area contributed by atoms with Crippen LogP contribution in [0.15, 0.2) is 52.3 Å². The van der Waals surface area contributed by atoms with E-state index in [0.717, 1.165) is 0 Å². The summed E-state index contributed by atoms with van der Waals surface area (Å²) in [6.07, 6.45) is 2.89. The summed E-state index contributed by atoms with van der Waals surface area (Å²) in [5, 5.41) is 0.422. The smallest absolute Gasteiger partial charge is 0.295 e. The fraction of sp³-hybridized carbons (Fsp3) is 0.269. The van der Waals surface area contributed by atoms with E-state index in [4.69, 9.17) is 9.47 Å². The Labute approximate surface area is 205 Å². The Morgan fingerprint density at radius 2 is 1.81 bits per heavy atom. The highest BCUT2D eigenvalue weighted by Gasteiger charge is 2.36. The number of piperazine rings is 1. The van der Waals surface area contributed by atoms with Crippen molar-refractivity contribution in [2.75, 3.05) is 38.8 Å². The minimum Gasteiger partial charge on any atom is -0.494 e. The van der Waals surface area contributed by atoms with E-state index in [2.05, 4.69) is 9.97 Å². The Hall–Kier alpha value is -4.47. The maximum absolute atomic E-state index is 13.3. The molecule has 0 saturated carbocycles. The number of aromatic nitrogens is 2. The van der Waals surface area contributed by atoms with Gasteiger partial charge in [0.2, 0.25) is 16.7 Å². The van der Waals surface area contributed by atoms with Crippen molar-refractivity contribution in [3.8, 4) is 22.8 Å². The van der Waals surface area contributed by atoms with Gasteiger partial charge in [-0.3, -0.25) is 19.2 Å². The number of hydrogen-bond acceptors (Lipinski definition) is 8. The van der Waals surface area contributed by atoms with E-state index in [1.807, 2.05) is 30.0 Å². The van der Waals surface area contributed by atoms with Gasteiger partial charge >= 0.3 is 0 Å². The first-order valence-corrected chi connectivity index (χ1v) is 11.4. The molecule has 0 unspecified atom stereocenters. The molecule has 1 saturated heterocycles. The third kappa shape index (κ3) is 3.53. The van der Waals surface area contributed by atoms with Gasteiger partial charge in [-0.2, -0.15) is 0 Å². The van der Waals surface area contributed by atoms with Gasteiger partial charge in [0.1, 0.15) is 17.0 Å². The number of benzene rings is 1. The summed E-state index contributed by atoms with van der Waals surface area (Å²) in [6, 6.07) is 8.78. The lowest BCUT2D eigenvalue weighted by molar-refractivity contribution is -0.127. The molecule has 2 aromatic heterocycles. The zero-order chi connectivity index (χ0) is 25.6. The van der Waals surface area contributed by atoms with Gasteiger partial charge in [-0.15, -0.1) is 0 Å². The number of Topliss-reactive ketones (excluding diaryl/α,β-unsaturated/α-hetero) is 1. The molecule has 1 aliphatic heterocycles. The van der Waals surface area contributed by atoms with Gasteiger partial charge in [0.25, 0.3) is 11.7 Å². The van der Waals surface area contributed by atoms with Crippen LogP contribution in [-0.2, 0) is 4.79 Å². The lowest BCUT2D eigenvalue weighted by atomic mass is 9.96. The number of nitrogens with zero attached hydrogens (tertiary/aromatic N) is 3. The molecule has 1 atom stereocenters. The Morgan fingerprint density at radius 3 is 2.47 bits per heavy atom. The molecule has 4 aromatic rings. The molecule has 0 radical (unpaired) electrons. The topological polar surface area (TPSA) is 122 Å². The van der Waals surface area contributed by atoms with Gasteiger partial charge in [-0.05, 0) is 12.5 Å². The average Bonchev–Trinajstić information content (AvgIpc) is 3.36. The van der Waals surface area contributed by atoms with E-state index in [0.29, 0.717) is 40.0 Å². The minimum atomic E-state index is -0.687. The van der Waals surface area contributed by atoms with Crippen molar-refractivity contribution < 1.29 is 19.1 Å². The maximum Gasteiger partial charge on any atom is 0.295 e. The van der Waals surface area contributed by atoms with Crippen LogP contribution >= 0.6 is 0 Å². The molecule has 0 bridgehead atoms. The zero-order valence-electron chi connectivity index (χ0n) is 20.0. The summed E-state index contributed by atoms with van der Waals surface area (Å²) in [6.45, 7) is 2.63. The summed E-state index contributed by atoms with van der Waals surface area (Å²) in [5.41, 5.74) is 1.06. The van der Waals surface area contributed by atoms with E-state index >= 15 is 0 Å². The monoisotopic (exact) mass is 488 g/mol. The fourth-order valence-electron chi connectivity index (χ4n) is 4.84. The summed E-state index contributed by atoms with van der Waals surface area (Å²) >= 11 is 0. The van der Waals surface area contributed by atoms with Crippen LogP contribution in [0.5, 0.6) is 11.6 Å². The number of anilines is 1. The first-order chi connectivity index (χ1) is 17.4. The van der Waals surface area contributed by atoms with Crippen LogP contribution in [0.4, 0.5) is 5.69 Å². The van der Waals surface area contributed by atoms with E-state index in [9.17, 15) is 19.2 Å². The summed E-state index contributed by atoms with van der Waals surface area (Å²) in [7, 11) is 2.92. The van der Waals surface area contributed by atoms with E-state index in [1.54, 1.807) is 12.1 Å². The molecule has 184 valence electrons. The number of carbonyl (C=O) groups excluding carboxylic acids is 2. The molecule has 5 rings (SSSR count). The van der Waals surface area contributed by atoms with Gasteiger partial charge in [0.05, 0.1) is 36.9 Å². The predicted octanol–water partition coefficient (Wildman–Crippen LogP) is 1.76. The molecule has 1 fully saturated rings. The summed E-state index contributed by atoms with van der Waals surface area (Å²) in [4.78, 5) is 61.8. The fourth-order valence-corrected chi connectivity index (χ4v) is 4.84. The highest BCUT2D eigenvalue weighted by atomic mass is 16.5. The van der Waals surface area contributed by atoms with Gasteiger partial charge in [0.15, 0.2) is 0 Å². The third-order valence-electron chi connectivity index (χ3n) is 6.64. The van der Waals surface area contributed by atoms with Crippen LogP contribution < -0.4 is 25.2 Å². The van der Waals surface area contributed by atoms with E-state index < -0.39 is 22.5 Å². The molecule has 1 aliphatic rings. The zero-order valence-corrected chi connectivity index (χ0v) is 20.0. The van der Waals surface area contributed by atoms with Gasteiger partial charge in [-0.1, -0.05) is 30.3 Å². The van der Waals surface area contributed by atoms with Gasteiger partial charge < -0.3 is 24.3 Å². The molecule has 2 aromatic carbocycles. The largest absolute Gasteiger partial charge is 0.494 e. The Kier molecular flexibility index (Phi) is 5.79. The standard InChI is InChI=1S/C26H24N4O6/c1-14-13-29(9-10-30(14)21-18(23(32)24(21)33)15-7-5-4-6-8-15)26(34)22(31)16-11-27-20-19(16)17(35-2)12-28-25(20)36-3/h4-8,11-12,14,27H,9-10,13H2,1-3H3/t14-/m0/s1. The normalized spacial score (nSPS) is 15.9. The van der Waals surface area contributed by atoms with Crippen LogP contribution in [0.2, 0.25) is 0 Å². The van der Waals surface area contributed by atoms with E-state index in [-0.39, 0.29) is 30.6 Å². The first kappa shape index (κ1) is 23.3. The van der Waals surface area contributed by atoms with Crippen molar-refractivity contribution in [3.63, 3.8) is 0 Å².